The van der Waals surface area contributed by atoms with Crippen molar-refractivity contribution in [1.82, 2.24) is 19.3 Å². The molecule has 3 aromatic heterocycles. The van der Waals surface area contributed by atoms with Gasteiger partial charge >= 0.3 is 5.97 Å². The molecule has 39 heavy (non-hydrogen) atoms. The number of halogens is 1. The number of fused-ring (bicyclic) bond motifs is 1. The van der Waals surface area contributed by atoms with Crippen molar-refractivity contribution in [3.05, 3.63) is 69.8 Å². The standard InChI is InChI=1S/C31H39ClN4O3/c1-9-11-24-19(3)25-27(22-12-14-23(32)15-13-22)26(28(30(37)38-10-2)39-31(5,6)7)20(4)34-29(25)36(24)18-21-16-33-35(8)17-21/h12-17,28H,9-11,18H2,1-8H3/t28-/m0/s1. The Morgan fingerprint density at radius 3 is 2.38 bits per heavy atom. The first-order valence-corrected chi connectivity index (χ1v) is 13.9. The maximum Gasteiger partial charge on any atom is 0.340 e. The fraction of sp³-hybridized carbons (Fsp3) is 0.452. The summed E-state index contributed by atoms with van der Waals surface area (Å²) in [7, 11) is 1.92. The first kappa shape index (κ1) is 28.8. The lowest BCUT2D eigenvalue weighted by Crippen LogP contribution is -2.30. The van der Waals surface area contributed by atoms with Crippen LogP contribution in [0.2, 0.25) is 5.02 Å². The highest BCUT2D eigenvalue weighted by Crippen LogP contribution is 2.43. The van der Waals surface area contributed by atoms with E-state index in [1.807, 2.05) is 76.1 Å². The monoisotopic (exact) mass is 550 g/mol. The van der Waals surface area contributed by atoms with Crippen LogP contribution in [0.3, 0.4) is 0 Å². The average molecular weight is 551 g/mol. The van der Waals surface area contributed by atoms with Crippen LogP contribution in [0, 0.1) is 13.8 Å². The minimum absolute atomic E-state index is 0.259. The van der Waals surface area contributed by atoms with Gasteiger partial charge < -0.3 is 14.0 Å². The van der Waals surface area contributed by atoms with Crippen molar-refractivity contribution >= 4 is 28.6 Å². The van der Waals surface area contributed by atoms with Gasteiger partial charge in [-0.1, -0.05) is 37.1 Å². The summed E-state index contributed by atoms with van der Waals surface area (Å²) >= 11 is 6.30. The number of rotatable bonds is 9. The molecule has 208 valence electrons. The Labute approximate surface area is 236 Å². The van der Waals surface area contributed by atoms with Crippen LogP contribution in [0.15, 0.2) is 36.7 Å². The number of hydrogen-bond acceptors (Lipinski definition) is 5. The molecular weight excluding hydrogens is 512 g/mol. The van der Waals surface area contributed by atoms with Gasteiger partial charge in [0, 0.05) is 51.7 Å². The van der Waals surface area contributed by atoms with Gasteiger partial charge in [0.1, 0.15) is 5.65 Å². The first-order valence-electron chi connectivity index (χ1n) is 13.5. The zero-order chi connectivity index (χ0) is 28.5. The molecule has 3 heterocycles. The maximum absolute atomic E-state index is 13.4. The van der Waals surface area contributed by atoms with Crippen LogP contribution in [0.25, 0.3) is 22.2 Å². The van der Waals surface area contributed by atoms with Crippen molar-refractivity contribution in [2.45, 2.75) is 79.6 Å². The molecule has 4 rings (SSSR count). The Hall–Kier alpha value is -3.16. The number of ether oxygens (including phenoxy) is 2. The van der Waals surface area contributed by atoms with Crippen molar-refractivity contribution in [3.8, 4) is 11.1 Å². The van der Waals surface area contributed by atoms with E-state index in [1.165, 1.54) is 5.69 Å². The molecule has 0 bridgehead atoms. The van der Waals surface area contributed by atoms with Crippen molar-refractivity contribution in [2.75, 3.05) is 6.61 Å². The van der Waals surface area contributed by atoms with E-state index < -0.39 is 17.7 Å². The molecular formula is C31H39ClN4O3. The normalized spacial score (nSPS) is 12.7. The molecule has 0 unspecified atom stereocenters. The molecule has 0 spiro atoms. The zero-order valence-electron chi connectivity index (χ0n) is 24.3. The molecule has 0 aliphatic heterocycles. The van der Waals surface area contributed by atoms with Crippen molar-refractivity contribution < 1.29 is 14.3 Å². The Bertz CT molecular complexity index is 1480. The largest absolute Gasteiger partial charge is 0.464 e. The average Bonchev–Trinajstić information content (AvgIpc) is 3.38. The van der Waals surface area contributed by atoms with Crippen LogP contribution >= 0.6 is 11.6 Å². The van der Waals surface area contributed by atoms with Gasteiger partial charge in [-0.15, -0.1) is 0 Å². The highest BCUT2D eigenvalue weighted by Gasteiger charge is 2.35. The SMILES string of the molecule is CCCc1c(C)c2c(-c3ccc(Cl)cc3)c([C@H](OC(C)(C)C)C(=O)OCC)c(C)nc2n1Cc1cnn(C)c1. The fourth-order valence-corrected chi connectivity index (χ4v) is 5.35. The summed E-state index contributed by atoms with van der Waals surface area (Å²) in [5, 5.41) is 6.03. The summed E-state index contributed by atoms with van der Waals surface area (Å²) in [6, 6.07) is 7.75. The van der Waals surface area contributed by atoms with Gasteiger partial charge in [0.05, 0.1) is 24.9 Å². The van der Waals surface area contributed by atoms with E-state index in [-0.39, 0.29) is 6.61 Å². The molecule has 4 aromatic rings. The molecule has 8 heteroatoms. The molecule has 1 aromatic carbocycles. The van der Waals surface area contributed by atoms with Gasteiger partial charge in [0.2, 0.25) is 0 Å². The predicted molar refractivity (Wildman–Crippen MR) is 156 cm³/mol. The number of pyridine rings is 1. The van der Waals surface area contributed by atoms with E-state index in [4.69, 9.17) is 26.1 Å². The number of carbonyl (C=O) groups is 1. The van der Waals surface area contributed by atoms with Crippen LogP contribution in [0.5, 0.6) is 0 Å². The molecule has 0 aliphatic carbocycles. The van der Waals surface area contributed by atoms with Gasteiger partial charge in [0.15, 0.2) is 6.10 Å². The minimum Gasteiger partial charge on any atom is -0.464 e. The Kier molecular flexibility index (Phi) is 8.52. The van der Waals surface area contributed by atoms with Crippen LogP contribution < -0.4 is 0 Å². The van der Waals surface area contributed by atoms with E-state index in [2.05, 4.69) is 23.5 Å². The van der Waals surface area contributed by atoms with Gasteiger partial charge in [-0.05, 0) is 71.2 Å². The Balaban J connectivity index is 2.11. The van der Waals surface area contributed by atoms with Crippen molar-refractivity contribution in [1.29, 1.82) is 0 Å². The van der Waals surface area contributed by atoms with E-state index in [0.717, 1.165) is 57.4 Å². The van der Waals surface area contributed by atoms with Crippen molar-refractivity contribution in [3.63, 3.8) is 0 Å². The highest BCUT2D eigenvalue weighted by molar-refractivity contribution is 6.30. The number of aromatic nitrogens is 4. The van der Waals surface area contributed by atoms with Crippen LogP contribution in [0.1, 0.15) is 75.2 Å². The second-order valence-corrected chi connectivity index (χ2v) is 11.4. The summed E-state index contributed by atoms with van der Waals surface area (Å²) in [5.74, 6) is -0.423. The van der Waals surface area contributed by atoms with Crippen LogP contribution in [0.4, 0.5) is 0 Å². The molecule has 0 saturated heterocycles. The minimum atomic E-state index is -0.941. The van der Waals surface area contributed by atoms with Crippen molar-refractivity contribution in [2.24, 2.45) is 7.05 Å². The molecule has 0 aliphatic rings. The summed E-state index contributed by atoms with van der Waals surface area (Å²) in [6.07, 6.45) is 4.88. The molecule has 0 fully saturated rings. The van der Waals surface area contributed by atoms with Crippen LogP contribution in [-0.4, -0.2) is 37.5 Å². The first-order chi connectivity index (χ1) is 18.4. The Morgan fingerprint density at radius 2 is 1.82 bits per heavy atom. The molecule has 0 radical (unpaired) electrons. The van der Waals surface area contributed by atoms with E-state index in [9.17, 15) is 4.79 Å². The molecule has 0 amide bonds. The van der Waals surface area contributed by atoms with E-state index in [0.29, 0.717) is 11.6 Å². The third-order valence-corrected chi connectivity index (χ3v) is 7.00. The molecule has 0 N–H and O–H groups in total. The lowest BCUT2D eigenvalue weighted by Gasteiger charge is -2.29. The fourth-order valence-electron chi connectivity index (χ4n) is 5.23. The third-order valence-electron chi connectivity index (χ3n) is 6.75. The number of carbonyl (C=O) groups excluding carboxylic acids is 1. The molecule has 1 atom stereocenters. The lowest BCUT2D eigenvalue weighted by molar-refractivity contribution is -0.166. The summed E-state index contributed by atoms with van der Waals surface area (Å²) in [5.41, 5.74) is 7.08. The lowest BCUT2D eigenvalue weighted by atomic mass is 9.90. The van der Waals surface area contributed by atoms with E-state index >= 15 is 0 Å². The number of nitrogens with zero attached hydrogens (tertiary/aromatic N) is 4. The maximum atomic E-state index is 13.4. The number of esters is 1. The number of hydrogen-bond donors (Lipinski definition) is 0. The topological polar surface area (TPSA) is 71.2 Å². The van der Waals surface area contributed by atoms with Gasteiger partial charge in [-0.3, -0.25) is 4.68 Å². The third kappa shape index (κ3) is 6.04. The van der Waals surface area contributed by atoms with Crippen LogP contribution in [-0.2, 0) is 34.3 Å². The predicted octanol–water partition coefficient (Wildman–Crippen LogP) is 7.13. The number of aryl methyl sites for hydroxylation is 3. The van der Waals surface area contributed by atoms with E-state index in [1.54, 1.807) is 6.92 Å². The van der Waals surface area contributed by atoms with Gasteiger partial charge in [-0.25, -0.2) is 9.78 Å². The second kappa shape index (κ2) is 11.5. The zero-order valence-corrected chi connectivity index (χ0v) is 25.0. The summed E-state index contributed by atoms with van der Waals surface area (Å²) in [4.78, 5) is 18.6. The highest BCUT2D eigenvalue weighted by atomic mass is 35.5. The Morgan fingerprint density at radius 1 is 1.13 bits per heavy atom. The molecule has 0 saturated carbocycles. The smallest absolute Gasteiger partial charge is 0.340 e. The molecule has 7 nitrogen and oxygen atoms in total. The van der Waals surface area contributed by atoms with Gasteiger partial charge in [0.25, 0.3) is 0 Å². The quantitative estimate of drug-likeness (QED) is 0.207. The number of benzene rings is 1. The summed E-state index contributed by atoms with van der Waals surface area (Å²) in [6.45, 7) is 14.8. The van der Waals surface area contributed by atoms with Gasteiger partial charge in [-0.2, -0.15) is 5.10 Å². The summed E-state index contributed by atoms with van der Waals surface area (Å²) < 4.78 is 16.1. The second-order valence-electron chi connectivity index (χ2n) is 11.0.